The van der Waals surface area contributed by atoms with Crippen LogP contribution in [0.15, 0.2) is 71.0 Å². The number of rotatable bonds is 7. The molecule has 6 heteroatoms. The fourth-order valence-corrected chi connectivity index (χ4v) is 6.48. The Labute approximate surface area is 231 Å². The van der Waals surface area contributed by atoms with Crippen molar-refractivity contribution in [1.82, 2.24) is 0 Å². The molecule has 2 aliphatic carbocycles. The van der Waals surface area contributed by atoms with Gasteiger partial charge in [0, 0.05) is 17.6 Å². The second-order valence-electron chi connectivity index (χ2n) is 12.7. The molecule has 0 aromatic heterocycles. The number of Topliss-reactive ketones (excluding diaryl/α,β-unsaturated/α-hetero) is 2. The van der Waals surface area contributed by atoms with E-state index < -0.39 is 34.3 Å². The van der Waals surface area contributed by atoms with E-state index in [-0.39, 0.29) is 48.2 Å². The highest BCUT2D eigenvalue weighted by atomic mass is 16.5. The minimum absolute atomic E-state index is 0.00709. The molecule has 0 unspecified atom stereocenters. The van der Waals surface area contributed by atoms with Crippen LogP contribution in [-0.4, -0.2) is 44.2 Å². The molecule has 0 amide bonds. The molecule has 1 aromatic rings. The lowest BCUT2D eigenvalue weighted by Gasteiger charge is -2.36. The van der Waals surface area contributed by atoms with Gasteiger partial charge in [0.25, 0.3) is 0 Å². The topological polar surface area (TPSA) is 104 Å². The molecule has 1 heterocycles. The van der Waals surface area contributed by atoms with Gasteiger partial charge in [0.1, 0.15) is 23.2 Å². The zero-order chi connectivity index (χ0) is 28.9. The highest BCUT2D eigenvalue weighted by Crippen LogP contribution is 2.56. The van der Waals surface area contributed by atoms with Crippen molar-refractivity contribution in [2.75, 3.05) is 0 Å². The minimum Gasteiger partial charge on any atom is -0.506 e. The lowest BCUT2D eigenvalue weighted by atomic mass is 9.64. The van der Waals surface area contributed by atoms with Crippen molar-refractivity contribution in [2.24, 2.45) is 17.3 Å². The van der Waals surface area contributed by atoms with Crippen molar-refractivity contribution < 1.29 is 29.6 Å². The maximum Gasteiger partial charge on any atom is 0.199 e. The van der Waals surface area contributed by atoms with E-state index in [9.17, 15) is 24.9 Å². The van der Waals surface area contributed by atoms with Gasteiger partial charge >= 0.3 is 0 Å². The molecule has 210 valence electrons. The molecule has 3 aliphatic rings. The zero-order valence-electron chi connectivity index (χ0n) is 24.0. The maximum atomic E-state index is 14.4. The zero-order valence-corrected chi connectivity index (χ0v) is 24.0. The number of allylic oxidation sites excluding steroid dienone is 6. The van der Waals surface area contributed by atoms with Crippen LogP contribution in [0.2, 0.25) is 0 Å². The Morgan fingerprint density at radius 3 is 2.38 bits per heavy atom. The van der Waals surface area contributed by atoms with Gasteiger partial charge in [0.2, 0.25) is 0 Å². The third-order valence-electron chi connectivity index (χ3n) is 8.90. The Hall–Kier alpha value is -2.96. The summed E-state index contributed by atoms with van der Waals surface area (Å²) < 4.78 is 6.38. The van der Waals surface area contributed by atoms with Crippen LogP contribution in [0.5, 0.6) is 0 Å². The third kappa shape index (κ3) is 5.17. The first-order chi connectivity index (χ1) is 18.1. The fourth-order valence-electron chi connectivity index (χ4n) is 6.48. The van der Waals surface area contributed by atoms with Gasteiger partial charge in [-0.3, -0.25) is 9.59 Å². The van der Waals surface area contributed by atoms with Crippen molar-refractivity contribution in [2.45, 2.75) is 91.0 Å². The van der Waals surface area contributed by atoms with Gasteiger partial charge in [-0.25, -0.2) is 0 Å². The Morgan fingerprint density at radius 1 is 1.18 bits per heavy atom. The van der Waals surface area contributed by atoms with Gasteiger partial charge in [-0.15, -0.1) is 0 Å². The van der Waals surface area contributed by atoms with Crippen LogP contribution in [0.1, 0.15) is 79.2 Å². The molecule has 1 aliphatic heterocycles. The molecule has 0 radical (unpaired) electrons. The SMILES string of the molecule is C=C(C)[C@@H]1CC[C@](C)(O)[C@H]1CC1=C2O[C@H](C(C)(C)O)C[C@]2(CC=C(C)C)C(=O)/C(=C(/O)c2ccccc2)C1=O. The summed E-state index contributed by atoms with van der Waals surface area (Å²) in [6.07, 6.45) is 3.14. The summed E-state index contributed by atoms with van der Waals surface area (Å²) in [5, 5.41) is 33.7. The number of aliphatic hydroxyl groups excluding tert-OH is 1. The van der Waals surface area contributed by atoms with Crippen molar-refractivity contribution in [3.8, 4) is 0 Å². The summed E-state index contributed by atoms with van der Waals surface area (Å²) in [6.45, 7) is 15.0. The van der Waals surface area contributed by atoms with Crippen molar-refractivity contribution in [1.29, 1.82) is 0 Å². The van der Waals surface area contributed by atoms with Crippen molar-refractivity contribution in [3.63, 3.8) is 0 Å². The molecule has 3 N–H and O–H groups in total. The molecule has 2 fully saturated rings. The van der Waals surface area contributed by atoms with E-state index in [2.05, 4.69) is 6.58 Å². The van der Waals surface area contributed by atoms with Crippen LogP contribution in [0.25, 0.3) is 5.76 Å². The predicted molar refractivity (Wildman–Crippen MR) is 152 cm³/mol. The number of hydrogen-bond acceptors (Lipinski definition) is 6. The van der Waals surface area contributed by atoms with Gasteiger partial charge in [0.15, 0.2) is 11.6 Å². The number of carbonyl (C=O) groups is 2. The number of ketones is 2. The Morgan fingerprint density at radius 2 is 1.82 bits per heavy atom. The Balaban J connectivity index is 1.99. The summed E-state index contributed by atoms with van der Waals surface area (Å²) in [6, 6.07) is 8.59. The number of aliphatic hydroxyl groups is 3. The molecular weight excluding hydrogens is 492 g/mol. The van der Waals surface area contributed by atoms with Crippen LogP contribution in [0.4, 0.5) is 0 Å². The summed E-state index contributed by atoms with van der Waals surface area (Å²) in [4.78, 5) is 28.6. The summed E-state index contributed by atoms with van der Waals surface area (Å²) in [5.74, 6) is -1.49. The molecule has 0 spiro atoms. The molecule has 4 rings (SSSR count). The lowest BCUT2D eigenvalue weighted by molar-refractivity contribution is -0.127. The van der Waals surface area contributed by atoms with E-state index in [0.717, 1.165) is 17.6 Å². The van der Waals surface area contributed by atoms with E-state index in [0.29, 0.717) is 17.6 Å². The van der Waals surface area contributed by atoms with E-state index in [4.69, 9.17) is 4.74 Å². The monoisotopic (exact) mass is 534 g/mol. The second-order valence-corrected chi connectivity index (χ2v) is 12.7. The van der Waals surface area contributed by atoms with E-state index in [1.807, 2.05) is 26.8 Å². The first-order valence-electron chi connectivity index (χ1n) is 13.8. The first kappa shape index (κ1) is 29.0. The summed E-state index contributed by atoms with van der Waals surface area (Å²) >= 11 is 0. The van der Waals surface area contributed by atoms with Gasteiger partial charge < -0.3 is 20.1 Å². The predicted octanol–water partition coefficient (Wildman–Crippen LogP) is 6.01. The van der Waals surface area contributed by atoms with Gasteiger partial charge in [-0.2, -0.15) is 0 Å². The molecule has 0 bridgehead atoms. The highest BCUT2D eigenvalue weighted by molar-refractivity contribution is 6.34. The van der Waals surface area contributed by atoms with Crippen LogP contribution >= 0.6 is 0 Å². The Kier molecular flexibility index (Phi) is 7.61. The number of carbonyl (C=O) groups excluding carboxylic acids is 2. The normalized spacial score (nSPS) is 32.2. The van der Waals surface area contributed by atoms with Gasteiger partial charge in [-0.05, 0) is 79.1 Å². The molecule has 1 saturated heterocycles. The standard InChI is InChI=1S/C33H42O6/c1-19(2)13-16-33-18-25(31(5,6)37)39-30(33)23(17-24-22(20(3)4)14-15-32(24,7)38)28(35)26(29(33)36)27(34)21-11-9-8-10-12-21/h8-13,22,24-25,34,37-38H,3,14-18H2,1-2,4-7H3/b27-26+/t22-,24-,25-,32-,33+/m0/s1. The van der Waals surface area contributed by atoms with Crippen molar-refractivity contribution >= 4 is 17.3 Å². The van der Waals surface area contributed by atoms with Gasteiger partial charge in [-0.1, -0.05) is 54.1 Å². The van der Waals surface area contributed by atoms with E-state index in [1.54, 1.807) is 51.1 Å². The number of benzene rings is 1. The minimum atomic E-state index is -1.28. The lowest BCUT2D eigenvalue weighted by Crippen LogP contribution is -2.42. The van der Waals surface area contributed by atoms with Crippen LogP contribution in [0.3, 0.4) is 0 Å². The van der Waals surface area contributed by atoms with Crippen LogP contribution in [0, 0.1) is 17.3 Å². The molecule has 1 saturated carbocycles. The largest absolute Gasteiger partial charge is 0.506 e. The van der Waals surface area contributed by atoms with Gasteiger partial charge in [0.05, 0.1) is 16.6 Å². The molecule has 1 aromatic carbocycles. The number of fused-ring (bicyclic) bond motifs is 1. The first-order valence-corrected chi connectivity index (χ1v) is 13.8. The highest BCUT2D eigenvalue weighted by Gasteiger charge is 2.60. The van der Waals surface area contributed by atoms with E-state index >= 15 is 0 Å². The van der Waals surface area contributed by atoms with E-state index in [1.165, 1.54) is 0 Å². The maximum absolute atomic E-state index is 14.4. The molecular formula is C33H42O6. The summed E-state index contributed by atoms with van der Waals surface area (Å²) in [7, 11) is 0. The fraction of sp³-hybridized carbons (Fsp3) is 0.515. The molecule has 5 atom stereocenters. The number of hydrogen-bond donors (Lipinski definition) is 3. The molecule has 39 heavy (non-hydrogen) atoms. The second kappa shape index (κ2) is 10.2. The molecule has 6 nitrogen and oxygen atoms in total. The third-order valence-corrected chi connectivity index (χ3v) is 8.90. The Bertz CT molecular complexity index is 1270. The average molecular weight is 535 g/mol. The van der Waals surface area contributed by atoms with Crippen molar-refractivity contribution in [3.05, 3.63) is 76.6 Å². The summed E-state index contributed by atoms with van der Waals surface area (Å²) in [5.41, 5.74) is -1.23. The quantitative estimate of drug-likeness (QED) is 0.171. The average Bonchev–Trinajstić information content (AvgIpc) is 3.39. The smallest absolute Gasteiger partial charge is 0.199 e. The number of ether oxygens (including phenoxy) is 1. The van der Waals surface area contributed by atoms with Crippen LogP contribution < -0.4 is 0 Å². The van der Waals surface area contributed by atoms with Crippen LogP contribution in [-0.2, 0) is 14.3 Å².